The number of aliphatic hydroxyl groups excluding tert-OH is 2. The number of rotatable bonds is 32. The highest BCUT2D eigenvalue weighted by molar-refractivity contribution is 5.98. The van der Waals surface area contributed by atoms with Gasteiger partial charge in [0.15, 0.2) is 0 Å². The minimum Gasteiger partial charge on any atom is -0.481 e. The lowest BCUT2D eigenvalue weighted by Crippen LogP contribution is -2.61. The molecule has 0 aliphatic carbocycles. The molecule has 2 aromatic rings. The fourth-order valence-electron chi connectivity index (χ4n) is 7.09. The highest BCUT2D eigenvalue weighted by atomic mass is 16.4. The monoisotopic (exact) mass is 1050 g/mol. The van der Waals surface area contributed by atoms with Gasteiger partial charge in [-0.2, -0.15) is 0 Å². The first-order valence-corrected chi connectivity index (χ1v) is 24.5. The lowest BCUT2D eigenvalue weighted by atomic mass is 9.99. The second kappa shape index (κ2) is 31.9. The standard InChI is InChI=1S/C50H74N10O15/c1-8-27(4)40(51)49(73)59-37(24-61)48(72)57-34(21-26(2)3)45(69)54-30(7)42(66)56-35(22-31-15-11-9-12-16-31)47(71)58-36(23-32-17-13-10-14-18-32)46(70)55-33(19-20-39(63)64)44(68)53-28(5)41(65)52-29(6)43(67)60-38(25-62)50(74)75/h9-18,26-30,33-38,40,61-62H,8,19-25,51H2,1-7H3,(H,52,65)(H,53,68)(H,54,69)(H,55,70)(H,56,66)(H,57,72)(H,58,71)(H,59,73)(H,60,67)(H,63,64)(H,74,75)/t27-,28-,29-,30-,33-,34-,35-,36-,37-,38-,40-/m0/s1. The molecule has 414 valence electrons. The fraction of sp³-hybridized carbons (Fsp3) is 0.540. The number of carboxylic acid groups (broad SMARTS) is 2. The van der Waals surface area contributed by atoms with Crippen LogP contribution in [0.2, 0.25) is 0 Å². The quantitative estimate of drug-likeness (QED) is 0.0353. The molecule has 75 heavy (non-hydrogen) atoms. The number of carbonyl (C=O) groups is 11. The van der Waals surface area contributed by atoms with Gasteiger partial charge in [0.2, 0.25) is 53.2 Å². The lowest BCUT2D eigenvalue weighted by Gasteiger charge is -2.27. The van der Waals surface area contributed by atoms with Gasteiger partial charge in [-0.25, -0.2) is 4.79 Å². The topological polar surface area (TPSA) is 403 Å². The smallest absolute Gasteiger partial charge is 0.328 e. The lowest BCUT2D eigenvalue weighted by molar-refractivity contribution is -0.143. The summed E-state index contributed by atoms with van der Waals surface area (Å²) >= 11 is 0. The molecule has 11 atom stereocenters. The van der Waals surface area contributed by atoms with Gasteiger partial charge in [0.1, 0.15) is 54.4 Å². The third kappa shape index (κ3) is 22.2. The zero-order valence-corrected chi connectivity index (χ0v) is 43.2. The first-order valence-electron chi connectivity index (χ1n) is 24.5. The van der Waals surface area contributed by atoms with Gasteiger partial charge in [-0.3, -0.25) is 47.9 Å². The van der Waals surface area contributed by atoms with Gasteiger partial charge in [-0.1, -0.05) is 94.8 Å². The first-order chi connectivity index (χ1) is 35.3. The van der Waals surface area contributed by atoms with Crippen molar-refractivity contribution in [3.05, 3.63) is 71.8 Å². The van der Waals surface area contributed by atoms with E-state index in [1.807, 2.05) is 12.2 Å². The predicted octanol–water partition coefficient (Wildman–Crippen LogP) is -2.75. The molecule has 0 spiro atoms. The maximum Gasteiger partial charge on any atom is 0.328 e. The molecule has 0 heterocycles. The van der Waals surface area contributed by atoms with Crippen LogP contribution >= 0.6 is 0 Å². The molecule has 2 rings (SSSR count). The number of carboxylic acids is 2. The van der Waals surface area contributed by atoms with E-state index >= 15 is 0 Å². The fourth-order valence-corrected chi connectivity index (χ4v) is 7.09. The number of nitrogens with two attached hydrogens (primary N) is 1. The van der Waals surface area contributed by atoms with Crippen molar-refractivity contribution in [3.8, 4) is 0 Å². The van der Waals surface area contributed by atoms with Crippen molar-refractivity contribution in [2.24, 2.45) is 17.6 Å². The van der Waals surface area contributed by atoms with Crippen molar-refractivity contribution >= 4 is 65.1 Å². The summed E-state index contributed by atoms with van der Waals surface area (Å²) in [5, 5.41) is 59.8. The van der Waals surface area contributed by atoms with Crippen molar-refractivity contribution in [2.45, 2.75) is 147 Å². The normalized spacial score (nSPS) is 15.5. The molecular formula is C50H74N10O15. The van der Waals surface area contributed by atoms with Crippen LogP contribution in [-0.4, -0.2) is 159 Å². The summed E-state index contributed by atoms with van der Waals surface area (Å²) in [6.07, 6.45) is -0.799. The molecule has 0 aromatic heterocycles. The average molecular weight is 1060 g/mol. The molecule has 0 saturated heterocycles. The number of nitrogens with one attached hydrogen (secondary N) is 9. The zero-order chi connectivity index (χ0) is 56.5. The average Bonchev–Trinajstić information content (AvgIpc) is 3.36. The van der Waals surface area contributed by atoms with E-state index in [4.69, 9.17) is 10.8 Å². The van der Waals surface area contributed by atoms with Crippen LogP contribution < -0.4 is 53.6 Å². The minimum absolute atomic E-state index is 0.0749. The second-order valence-electron chi connectivity index (χ2n) is 18.6. The first kappa shape index (κ1) is 63.6. The highest BCUT2D eigenvalue weighted by Crippen LogP contribution is 2.11. The SMILES string of the molecule is CC[C@H](C)[C@H](N)C(=O)N[C@@H](CO)C(=O)N[C@@H](CC(C)C)C(=O)N[C@@H](C)C(=O)N[C@@H](Cc1ccccc1)C(=O)N[C@@H](Cc1ccccc1)C(=O)N[C@@H](CCC(=O)O)C(=O)N[C@@H](C)C(=O)N[C@@H](C)C(=O)N[C@@H](CO)C(=O)O. The number of amides is 9. The largest absolute Gasteiger partial charge is 0.481 e. The molecule has 0 aliphatic rings. The van der Waals surface area contributed by atoms with Crippen LogP contribution in [0.15, 0.2) is 60.7 Å². The third-order valence-corrected chi connectivity index (χ3v) is 11.9. The van der Waals surface area contributed by atoms with Crippen LogP contribution in [0, 0.1) is 11.8 Å². The Bertz CT molecular complexity index is 2270. The Hall–Kier alpha value is -7.51. The van der Waals surface area contributed by atoms with Gasteiger partial charge in [-0.05, 0) is 56.6 Å². The molecule has 0 unspecified atom stereocenters. The van der Waals surface area contributed by atoms with Crippen LogP contribution in [0.3, 0.4) is 0 Å². The van der Waals surface area contributed by atoms with Crippen LogP contribution in [0.25, 0.3) is 0 Å². The Morgan fingerprint density at radius 1 is 0.453 bits per heavy atom. The van der Waals surface area contributed by atoms with Crippen LogP contribution in [0.4, 0.5) is 0 Å². The number of benzene rings is 2. The molecule has 15 N–H and O–H groups in total. The maximum atomic E-state index is 14.4. The molecule has 25 nitrogen and oxygen atoms in total. The molecule has 0 bridgehead atoms. The molecule has 0 aliphatic heterocycles. The molecule has 9 amide bonds. The van der Waals surface area contributed by atoms with Crippen molar-refractivity contribution in [1.29, 1.82) is 0 Å². The number of aliphatic carboxylic acids is 2. The number of hydrogen-bond acceptors (Lipinski definition) is 14. The molecule has 0 saturated carbocycles. The summed E-state index contributed by atoms with van der Waals surface area (Å²) in [7, 11) is 0. The Morgan fingerprint density at radius 3 is 1.21 bits per heavy atom. The number of carbonyl (C=O) groups excluding carboxylic acids is 9. The maximum absolute atomic E-state index is 14.4. The highest BCUT2D eigenvalue weighted by Gasteiger charge is 2.35. The predicted molar refractivity (Wildman–Crippen MR) is 270 cm³/mol. The summed E-state index contributed by atoms with van der Waals surface area (Å²) in [4.78, 5) is 144. The van der Waals surface area contributed by atoms with Gasteiger partial charge in [0.05, 0.1) is 19.3 Å². The van der Waals surface area contributed by atoms with E-state index in [1.54, 1.807) is 81.4 Å². The second-order valence-corrected chi connectivity index (χ2v) is 18.6. The van der Waals surface area contributed by atoms with Crippen molar-refractivity contribution in [2.75, 3.05) is 13.2 Å². The summed E-state index contributed by atoms with van der Waals surface area (Å²) in [5.41, 5.74) is 7.11. The van der Waals surface area contributed by atoms with Crippen molar-refractivity contribution in [3.63, 3.8) is 0 Å². The van der Waals surface area contributed by atoms with E-state index in [-0.39, 0.29) is 31.1 Å². The van der Waals surface area contributed by atoms with Crippen molar-refractivity contribution in [1.82, 2.24) is 47.9 Å². The van der Waals surface area contributed by atoms with Gasteiger partial charge in [-0.15, -0.1) is 0 Å². The Kier molecular flexibility index (Phi) is 27.1. The zero-order valence-electron chi connectivity index (χ0n) is 43.2. The van der Waals surface area contributed by atoms with E-state index < -0.39 is 152 Å². The van der Waals surface area contributed by atoms with E-state index in [2.05, 4.69) is 42.5 Å². The molecular weight excluding hydrogens is 981 g/mol. The van der Waals surface area contributed by atoms with Crippen LogP contribution in [0.5, 0.6) is 0 Å². The Labute approximate surface area is 435 Å². The number of aliphatic hydroxyl groups is 2. The Morgan fingerprint density at radius 2 is 0.800 bits per heavy atom. The number of hydrogen-bond donors (Lipinski definition) is 14. The molecule has 2 aromatic carbocycles. The summed E-state index contributed by atoms with van der Waals surface area (Å²) < 4.78 is 0. The van der Waals surface area contributed by atoms with E-state index in [0.717, 1.165) is 0 Å². The summed E-state index contributed by atoms with van der Waals surface area (Å²) in [5.74, 6) is -11.3. The van der Waals surface area contributed by atoms with E-state index in [1.165, 1.54) is 20.8 Å². The van der Waals surface area contributed by atoms with Crippen molar-refractivity contribution < 1.29 is 73.2 Å². The molecule has 0 fully saturated rings. The van der Waals surface area contributed by atoms with Gasteiger partial charge < -0.3 is 74.0 Å². The van der Waals surface area contributed by atoms with Crippen LogP contribution in [0.1, 0.15) is 85.3 Å². The van der Waals surface area contributed by atoms with E-state index in [9.17, 15) is 68.1 Å². The van der Waals surface area contributed by atoms with Gasteiger partial charge in [0.25, 0.3) is 0 Å². The van der Waals surface area contributed by atoms with E-state index in [0.29, 0.717) is 17.5 Å². The molecule has 25 heteroatoms. The van der Waals surface area contributed by atoms with Gasteiger partial charge in [0, 0.05) is 19.3 Å². The Balaban J connectivity index is 2.38. The summed E-state index contributed by atoms with van der Waals surface area (Å²) in [6.45, 7) is 9.17. The van der Waals surface area contributed by atoms with Crippen LogP contribution in [-0.2, 0) is 65.6 Å². The minimum atomic E-state index is -1.66. The van der Waals surface area contributed by atoms with Gasteiger partial charge >= 0.3 is 11.9 Å². The third-order valence-electron chi connectivity index (χ3n) is 11.9. The molecule has 0 radical (unpaired) electrons. The summed E-state index contributed by atoms with van der Waals surface area (Å²) in [6, 6.07) is 2.88.